The molecular weight excluding hydrogens is 277 g/mol. The average molecular weight is 281 g/mol. The maximum absolute atomic E-state index is 12.5. The van der Waals surface area contributed by atoms with Crippen LogP contribution in [0.5, 0.6) is 0 Å². The Bertz CT molecular complexity index is 390. The number of halogens is 4. The van der Waals surface area contributed by atoms with E-state index in [1.54, 1.807) is 6.07 Å². The summed E-state index contributed by atoms with van der Waals surface area (Å²) < 4.78 is 25.4. The van der Waals surface area contributed by atoms with Gasteiger partial charge in [-0.05, 0) is 22.0 Å². The van der Waals surface area contributed by atoms with E-state index in [9.17, 15) is 8.78 Å². The van der Waals surface area contributed by atoms with E-state index < -0.39 is 6.43 Å². The van der Waals surface area contributed by atoms with E-state index in [0.29, 0.717) is 4.60 Å². The van der Waals surface area contributed by atoms with Crippen LogP contribution >= 0.6 is 27.5 Å². The Kier molecular flexibility index (Phi) is 3.78. The molecule has 0 saturated heterocycles. The maximum Gasteiger partial charge on any atom is 0.266 e. The summed E-state index contributed by atoms with van der Waals surface area (Å²) in [5.41, 5.74) is -0.448. The van der Waals surface area contributed by atoms with Crippen molar-refractivity contribution in [3.8, 4) is 6.07 Å². The lowest BCUT2D eigenvalue weighted by atomic mass is 10.1. The Morgan fingerprint density at radius 2 is 2.29 bits per heavy atom. The van der Waals surface area contributed by atoms with Crippen molar-refractivity contribution in [3.63, 3.8) is 0 Å². The van der Waals surface area contributed by atoms with Crippen molar-refractivity contribution in [2.75, 3.05) is 0 Å². The highest BCUT2D eigenvalue weighted by Crippen LogP contribution is 2.28. The minimum atomic E-state index is -2.74. The van der Waals surface area contributed by atoms with Gasteiger partial charge in [0.15, 0.2) is 0 Å². The first-order valence-electron chi connectivity index (χ1n) is 3.53. The fraction of sp³-hybridized carbons (Fsp3) is 0.250. The highest BCUT2D eigenvalue weighted by molar-refractivity contribution is 9.10. The highest BCUT2D eigenvalue weighted by Gasteiger charge is 2.19. The third kappa shape index (κ3) is 2.20. The topological polar surface area (TPSA) is 36.7 Å². The molecule has 1 heterocycles. The second kappa shape index (κ2) is 4.67. The number of rotatable bonds is 2. The lowest BCUT2D eigenvalue weighted by Gasteiger charge is -2.07. The van der Waals surface area contributed by atoms with Gasteiger partial charge in [0, 0.05) is 0 Å². The van der Waals surface area contributed by atoms with Crippen LogP contribution in [0.15, 0.2) is 10.7 Å². The molecular formula is C8H4BrClF2N2. The van der Waals surface area contributed by atoms with Gasteiger partial charge in [-0.2, -0.15) is 5.26 Å². The highest BCUT2D eigenvalue weighted by atomic mass is 79.9. The van der Waals surface area contributed by atoms with Crippen LogP contribution in [0.25, 0.3) is 0 Å². The molecule has 0 atom stereocenters. The molecule has 14 heavy (non-hydrogen) atoms. The summed E-state index contributed by atoms with van der Waals surface area (Å²) in [5, 5.41) is 8.64. The van der Waals surface area contributed by atoms with Gasteiger partial charge >= 0.3 is 0 Å². The zero-order valence-electron chi connectivity index (χ0n) is 6.77. The zero-order chi connectivity index (χ0) is 10.7. The molecule has 0 N–H and O–H groups in total. The monoisotopic (exact) mass is 280 g/mol. The lowest BCUT2D eigenvalue weighted by molar-refractivity contribution is 0.149. The predicted octanol–water partition coefficient (Wildman–Crippen LogP) is 3.39. The van der Waals surface area contributed by atoms with Gasteiger partial charge in [0.25, 0.3) is 6.43 Å². The van der Waals surface area contributed by atoms with Gasteiger partial charge in [0.05, 0.1) is 28.8 Å². The van der Waals surface area contributed by atoms with Crippen molar-refractivity contribution in [3.05, 3.63) is 27.5 Å². The molecule has 0 aliphatic rings. The Morgan fingerprint density at radius 1 is 1.64 bits per heavy atom. The zero-order valence-corrected chi connectivity index (χ0v) is 9.11. The number of aromatic nitrogens is 1. The second-order valence-corrected chi connectivity index (χ2v) is 3.48. The van der Waals surface area contributed by atoms with Crippen LogP contribution in [0.1, 0.15) is 23.2 Å². The molecule has 0 fully saturated rings. The first kappa shape index (κ1) is 11.3. The quantitative estimate of drug-likeness (QED) is 0.615. The van der Waals surface area contributed by atoms with E-state index in [4.69, 9.17) is 16.9 Å². The summed E-state index contributed by atoms with van der Waals surface area (Å²) in [7, 11) is 0. The van der Waals surface area contributed by atoms with Crippen LogP contribution in [-0.4, -0.2) is 4.98 Å². The van der Waals surface area contributed by atoms with E-state index in [1.165, 1.54) is 6.07 Å². The summed E-state index contributed by atoms with van der Waals surface area (Å²) in [6.45, 7) is 0. The van der Waals surface area contributed by atoms with Crippen LogP contribution in [0, 0.1) is 11.3 Å². The fourth-order valence-corrected chi connectivity index (χ4v) is 1.66. The summed E-state index contributed by atoms with van der Waals surface area (Å²) in [5.74, 6) is -0.145. The number of hydrogen-bond donors (Lipinski definition) is 0. The standard InChI is InChI=1S/C8H4BrClF2N2/c9-6-1-4(3-13)7(8(11)12)5(2-10)14-6/h1,8H,2H2. The van der Waals surface area contributed by atoms with E-state index in [0.717, 1.165) is 0 Å². The average Bonchev–Trinajstić information content (AvgIpc) is 2.15. The molecule has 1 rings (SSSR count). The number of pyridine rings is 1. The Balaban J connectivity index is 3.42. The van der Waals surface area contributed by atoms with Gasteiger partial charge in [-0.25, -0.2) is 13.8 Å². The van der Waals surface area contributed by atoms with E-state index in [1.807, 2.05) is 0 Å². The first-order chi connectivity index (χ1) is 6.60. The Hall–Kier alpha value is -0.730. The van der Waals surface area contributed by atoms with Gasteiger partial charge < -0.3 is 0 Å². The third-order valence-electron chi connectivity index (χ3n) is 1.57. The Morgan fingerprint density at radius 3 is 2.71 bits per heavy atom. The summed E-state index contributed by atoms with van der Waals surface area (Å²) in [6.07, 6.45) is -2.74. The minimum absolute atomic E-state index is 0.0348. The van der Waals surface area contributed by atoms with Crippen molar-refractivity contribution < 1.29 is 8.78 Å². The maximum atomic E-state index is 12.5. The van der Waals surface area contributed by atoms with Crippen LogP contribution in [-0.2, 0) is 5.88 Å². The number of nitriles is 1. The Labute approximate surface area is 92.6 Å². The lowest BCUT2D eigenvalue weighted by Crippen LogP contribution is -2.00. The molecule has 0 aliphatic carbocycles. The molecule has 74 valence electrons. The van der Waals surface area contributed by atoms with Crippen molar-refractivity contribution >= 4 is 27.5 Å². The predicted molar refractivity (Wildman–Crippen MR) is 51.2 cm³/mol. The summed E-state index contributed by atoms with van der Waals surface area (Å²) in [6, 6.07) is 2.93. The number of hydrogen-bond acceptors (Lipinski definition) is 2. The molecule has 0 spiro atoms. The van der Waals surface area contributed by atoms with Crippen molar-refractivity contribution in [1.29, 1.82) is 5.26 Å². The molecule has 0 aromatic carbocycles. The molecule has 1 aromatic rings. The molecule has 0 saturated carbocycles. The third-order valence-corrected chi connectivity index (χ3v) is 2.23. The molecule has 0 aliphatic heterocycles. The van der Waals surface area contributed by atoms with Crippen molar-refractivity contribution in [2.24, 2.45) is 0 Å². The van der Waals surface area contributed by atoms with Gasteiger partial charge in [-0.15, -0.1) is 11.6 Å². The van der Waals surface area contributed by atoms with E-state index in [-0.39, 0.29) is 22.7 Å². The van der Waals surface area contributed by atoms with Gasteiger partial charge in [-0.3, -0.25) is 0 Å². The molecule has 0 amide bonds. The second-order valence-electron chi connectivity index (χ2n) is 2.40. The fourth-order valence-electron chi connectivity index (χ4n) is 1.01. The largest absolute Gasteiger partial charge is 0.266 e. The molecule has 0 unspecified atom stereocenters. The number of nitrogens with zero attached hydrogens (tertiary/aromatic N) is 2. The van der Waals surface area contributed by atoms with Gasteiger partial charge in [0.2, 0.25) is 0 Å². The molecule has 0 bridgehead atoms. The molecule has 1 aromatic heterocycles. The van der Waals surface area contributed by atoms with E-state index in [2.05, 4.69) is 20.9 Å². The van der Waals surface area contributed by atoms with Crippen molar-refractivity contribution in [2.45, 2.75) is 12.3 Å². The smallest absolute Gasteiger partial charge is 0.244 e. The van der Waals surface area contributed by atoms with Crippen LogP contribution in [0.3, 0.4) is 0 Å². The van der Waals surface area contributed by atoms with Crippen LogP contribution in [0.2, 0.25) is 0 Å². The van der Waals surface area contributed by atoms with E-state index >= 15 is 0 Å². The first-order valence-corrected chi connectivity index (χ1v) is 4.86. The SMILES string of the molecule is N#Cc1cc(Br)nc(CCl)c1C(F)F. The normalized spacial score (nSPS) is 10.3. The van der Waals surface area contributed by atoms with Gasteiger partial charge in [-0.1, -0.05) is 0 Å². The summed E-state index contributed by atoms with van der Waals surface area (Å²) in [4.78, 5) is 3.78. The van der Waals surface area contributed by atoms with Crippen LogP contribution in [0.4, 0.5) is 8.78 Å². The molecule has 6 heteroatoms. The number of alkyl halides is 3. The van der Waals surface area contributed by atoms with Crippen molar-refractivity contribution in [1.82, 2.24) is 4.98 Å². The minimum Gasteiger partial charge on any atom is -0.244 e. The van der Waals surface area contributed by atoms with Crippen LogP contribution < -0.4 is 0 Å². The molecule has 0 radical (unpaired) electrons. The molecule has 2 nitrogen and oxygen atoms in total. The summed E-state index contributed by atoms with van der Waals surface area (Å²) >= 11 is 8.46. The van der Waals surface area contributed by atoms with Gasteiger partial charge in [0.1, 0.15) is 4.60 Å².